The van der Waals surface area contributed by atoms with E-state index in [1.54, 1.807) is 11.3 Å². The number of nitrogens with zero attached hydrogens (tertiary/aromatic N) is 4. The molecule has 0 saturated heterocycles. The van der Waals surface area contributed by atoms with E-state index in [-0.39, 0.29) is 0 Å². The number of furan rings is 1. The van der Waals surface area contributed by atoms with Gasteiger partial charge in [0.25, 0.3) is 0 Å². The lowest BCUT2D eigenvalue weighted by Crippen LogP contribution is -1.94. The molecule has 0 bridgehead atoms. The Labute approximate surface area is 431 Å². The van der Waals surface area contributed by atoms with E-state index in [0.717, 1.165) is 105 Å². The summed E-state index contributed by atoms with van der Waals surface area (Å²) in [6.45, 7) is 0. The predicted molar refractivity (Wildman–Crippen MR) is 307 cm³/mol. The van der Waals surface area contributed by atoms with E-state index < -0.39 is 0 Å². The molecule has 0 aliphatic carbocycles. The van der Waals surface area contributed by atoms with E-state index in [2.05, 4.69) is 231 Å². The van der Waals surface area contributed by atoms with Gasteiger partial charge in [-0.25, -0.2) is 19.9 Å². The molecule has 0 unspecified atom stereocenters. The van der Waals surface area contributed by atoms with Gasteiger partial charge in [0.2, 0.25) is 0 Å². The van der Waals surface area contributed by atoms with Crippen LogP contribution >= 0.6 is 11.3 Å². The Bertz CT molecular complexity index is 4120. The van der Waals surface area contributed by atoms with Crippen molar-refractivity contribution in [3.8, 4) is 101 Å². The van der Waals surface area contributed by atoms with Gasteiger partial charge < -0.3 is 4.42 Å². The zero-order chi connectivity index (χ0) is 49.0. The van der Waals surface area contributed by atoms with Crippen LogP contribution in [0.25, 0.3) is 143 Å². The van der Waals surface area contributed by atoms with Gasteiger partial charge in [0.15, 0.2) is 17.2 Å². The van der Waals surface area contributed by atoms with Crippen LogP contribution in [0, 0.1) is 0 Å². The maximum atomic E-state index is 6.48. The van der Waals surface area contributed by atoms with Gasteiger partial charge >= 0.3 is 0 Å². The van der Waals surface area contributed by atoms with Gasteiger partial charge in [-0.3, -0.25) is 0 Å². The Morgan fingerprint density at radius 1 is 0.270 bits per heavy atom. The standard InChI is InChI=1S/C68H42N4OS/c1-3-15-43(16-4-1)45-31-35-47(36-32-45)61-65-63(57-27-7-9-29-59(57)73-65)71-67(69-61)55-25-13-23-53(41-55)51-21-11-19-49(39-51)50-20-12-22-52(40-50)54-24-14-26-56(42-54)68-70-62(66-64(72-68)58-28-8-10-30-60(58)74-66)48-37-33-46(34-38-48)44-17-5-2-6-18-44/h1-42H. The van der Waals surface area contributed by atoms with Gasteiger partial charge in [-0.05, 0) is 98.1 Å². The van der Waals surface area contributed by atoms with Crippen LogP contribution in [0.3, 0.4) is 0 Å². The lowest BCUT2D eigenvalue weighted by molar-refractivity contribution is 0.667. The second-order valence-corrected chi connectivity index (χ2v) is 19.6. The molecule has 14 rings (SSSR count). The first-order valence-corrected chi connectivity index (χ1v) is 25.6. The minimum absolute atomic E-state index is 0.641. The average molecular weight is 963 g/mol. The van der Waals surface area contributed by atoms with E-state index in [0.29, 0.717) is 17.2 Å². The Hall–Kier alpha value is -9.62. The molecule has 0 spiro atoms. The highest BCUT2D eigenvalue weighted by Crippen LogP contribution is 2.42. The number of benzene rings is 10. The molecule has 0 N–H and O–H groups in total. The quantitative estimate of drug-likeness (QED) is 0.144. The van der Waals surface area contributed by atoms with E-state index in [1.165, 1.54) is 21.4 Å². The van der Waals surface area contributed by atoms with Crippen LogP contribution in [0.2, 0.25) is 0 Å². The molecule has 74 heavy (non-hydrogen) atoms. The van der Waals surface area contributed by atoms with Crippen molar-refractivity contribution in [3.63, 3.8) is 0 Å². The van der Waals surface area contributed by atoms with E-state index in [4.69, 9.17) is 24.4 Å². The summed E-state index contributed by atoms with van der Waals surface area (Å²) in [5, 5.41) is 2.10. The van der Waals surface area contributed by atoms with Gasteiger partial charge in [-0.2, -0.15) is 0 Å². The molecule has 0 amide bonds. The summed E-state index contributed by atoms with van der Waals surface area (Å²) in [6, 6.07) is 89.5. The molecule has 346 valence electrons. The van der Waals surface area contributed by atoms with Crippen molar-refractivity contribution in [2.75, 3.05) is 0 Å². The molecule has 4 aromatic heterocycles. The maximum absolute atomic E-state index is 6.48. The summed E-state index contributed by atoms with van der Waals surface area (Å²) >= 11 is 1.75. The van der Waals surface area contributed by atoms with Crippen LogP contribution in [-0.2, 0) is 0 Å². The topological polar surface area (TPSA) is 64.7 Å². The minimum atomic E-state index is 0.641. The van der Waals surface area contributed by atoms with E-state index in [9.17, 15) is 0 Å². The zero-order valence-electron chi connectivity index (χ0n) is 39.9. The van der Waals surface area contributed by atoms with Crippen LogP contribution in [0.1, 0.15) is 0 Å². The molecule has 6 heteroatoms. The third kappa shape index (κ3) is 7.91. The fraction of sp³-hybridized carbons (Fsp3) is 0. The van der Waals surface area contributed by atoms with Crippen molar-refractivity contribution in [1.82, 2.24) is 19.9 Å². The van der Waals surface area contributed by atoms with Crippen molar-refractivity contribution in [1.29, 1.82) is 0 Å². The third-order valence-electron chi connectivity index (χ3n) is 13.9. The first kappa shape index (κ1) is 43.2. The monoisotopic (exact) mass is 962 g/mol. The Morgan fingerprint density at radius 2 is 0.649 bits per heavy atom. The fourth-order valence-electron chi connectivity index (χ4n) is 10.2. The van der Waals surface area contributed by atoms with Crippen molar-refractivity contribution in [2.45, 2.75) is 0 Å². The average Bonchev–Trinajstić information content (AvgIpc) is 4.06. The number of rotatable bonds is 9. The zero-order valence-corrected chi connectivity index (χ0v) is 40.7. The Kier molecular flexibility index (Phi) is 10.6. The maximum Gasteiger partial charge on any atom is 0.180 e. The van der Waals surface area contributed by atoms with E-state index >= 15 is 0 Å². The second kappa shape index (κ2) is 18.2. The van der Waals surface area contributed by atoms with Gasteiger partial charge in [-0.1, -0.05) is 212 Å². The molecule has 5 nitrogen and oxygen atoms in total. The van der Waals surface area contributed by atoms with Crippen LogP contribution < -0.4 is 0 Å². The smallest absolute Gasteiger partial charge is 0.180 e. The van der Waals surface area contributed by atoms with Gasteiger partial charge in [0.1, 0.15) is 16.8 Å². The van der Waals surface area contributed by atoms with Gasteiger partial charge in [0.05, 0.1) is 15.9 Å². The summed E-state index contributed by atoms with van der Waals surface area (Å²) in [6.07, 6.45) is 0. The number of fused-ring (bicyclic) bond motifs is 6. The minimum Gasteiger partial charge on any atom is -0.452 e. The number of thiophene rings is 1. The fourth-order valence-corrected chi connectivity index (χ4v) is 11.3. The Morgan fingerprint density at radius 3 is 1.19 bits per heavy atom. The second-order valence-electron chi connectivity index (χ2n) is 18.6. The van der Waals surface area contributed by atoms with Gasteiger partial charge in [0, 0.05) is 37.7 Å². The largest absolute Gasteiger partial charge is 0.452 e. The summed E-state index contributed by atoms with van der Waals surface area (Å²) in [5.41, 5.74) is 20.2. The molecular formula is C68H42N4OS. The molecule has 0 atom stereocenters. The summed E-state index contributed by atoms with van der Waals surface area (Å²) in [5.74, 6) is 1.34. The molecule has 0 radical (unpaired) electrons. The number of hydrogen-bond acceptors (Lipinski definition) is 6. The first-order valence-electron chi connectivity index (χ1n) is 24.8. The number of para-hydroxylation sites is 1. The SMILES string of the molecule is c1ccc(-c2ccc(-c3nc(-c4cccc(-c5cccc(-c6cccc(-c7cccc(-c8nc(-c9ccc(-c%10ccccc%10)cc9)c9sc%10ccccc%10c9n8)c7)c6)c5)c4)nc4c3oc3ccccc34)cc2)cc1. The molecular weight excluding hydrogens is 921 g/mol. The predicted octanol–water partition coefficient (Wildman–Crippen LogP) is 18.5. The van der Waals surface area contributed by atoms with E-state index in [1.807, 2.05) is 24.3 Å². The summed E-state index contributed by atoms with van der Waals surface area (Å²) in [7, 11) is 0. The van der Waals surface area contributed by atoms with Crippen LogP contribution in [0.5, 0.6) is 0 Å². The van der Waals surface area contributed by atoms with Crippen molar-refractivity contribution in [3.05, 3.63) is 255 Å². The normalized spacial score (nSPS) is 11.5. The Balaban J connectivity index is 0.792. The summed E-state index contributed by atoms with van der Waals surface area (Å²) in [4.78, 5) is 21.1. The van der Waals surface area contributed by atoms with Gasteiger partial charge in [-0.15, -0.1) is 11.3 Å². The third-order valence-corrected chi connectivity index (χ3v) is 15.1. The molecule has 14 aromatic rings. The highest BCUT2D eigenvalue weighted by atomic mass is 32.1. The lowest BCUT2D eigenvalue weighted by atomic mass is 9.95. The van der Waals surface area contributed by atoms with Crippen LogP contribution in [0.15, 0.2) is 259 Å². The van der Waals surface area contributed by atoms with Crippen molar-refractivity contribution >= 4 is 53.7 Å². The van der Waals surface area contributed by atoms with Crippen LogP contribution in [0.4, 0.5) is 0 Å². The molecule has 4 heterocycles. The highest BCUT2D eigenvalue weighted by Gasteiger charge is 2.20. The molecule has 0 saturated carbocycles. The van der Waals surface area contributed by atoms with Crippen molar-refractivity contribution in [2.24, 2.45) is 0 Å². The number of hydrogen-bond donors (Lipinski definition) is 0. The molecule has 10 aromatic carbocycles. The highest BCUT2D eigenvalue weighted by molar-refractivity contribution is 7.26. The lowest BCUT2D eigenvalue weighted by Gasteiger charge is -2.11. The van der Waals surface area contributed by atoms with Crippen LogP contribution in [-0.4, -0.2) is 19.9 Å². The number of aromatic nitrogens is 4. The first-order chi connectivity index (χ1) is 36.6. The molecule has 0 aliphatic rings. The summed E-state index contributed by atoms with van der Waals surface area (Å²) < 4.78 is 8.77. The molecule has 0 fully saturated rings. The molecule has 0 aliphatic heterocycles. The van der Waals surface area contributed by atoms with Crippen molar-refractivity contribution < 1.29 is 4.42 Å².